The van der Waals surface area contributed by atoms with E-state index < -0.39 is 7.49 Å². The van der Waals surface area contributed by atoms with Gasteiger partial charge in [0.2, 0.25) is 0 Å². The van der Waals surface area contributed by atoms with Crippen molar-refractivity contribution in [2.75, 3.05) is 25.1 Å². The van der Waals surface area contributed by atoms with Crippen LogP contribution in [0.1, 0.15) is 19.3 Å². The first-order valence-electron chi connectivity index (χ1n) is 4.84. The summed E-state index contributed by atoms with van der Waals surface area (Å²) >= 11 is 0. The number of hydrogen-bond donors (Lipinski definition) is 1. The third-order valence-corrected chi connectivity index (χ3v) is 5.53. The molecule has 1 rings (SSSR count). The van der Waals surface area contributed by atoms with Crippen molar-refractivity contribution in [1.82, 2.24) is 0 Å². The molecule has 1 aliphatic rings. The summed E-state index contributed by atoms with van der Waals surface area (Å²) in [4.78, 5) is 21.3. The van der Waals surface area contributed by atoms with E-state index in [2.05, 4.69) is 5.92 Å². The Bertz CT molecular complexity index is 238. The number of carbonyl (C=O) groups is 1. The van der Waals surface area contributed by atoms with E-state index in [-0.39, 0.29) is 18.7 Å². The van der Waals surface area contributed by atoms with Crippen LogP contribution in [0.15, 0.2) is 0 Å². The SMILES string of the molecule is C#CCOC(=O)C[P+]1(O)CCCCC1. The molecule has 4 heteroatoms. The van der Waals surface area contributed by atoms with Gasteiger partial charge in [0.15, 0.2) is 20.3 Å². The van der Waals surface area contributed by atoms with Gasteiger partial charge in [0.05, 0.1) is 12.3 Å². The summed E-state index contributed by atoms with van der Waals surface area (Å²) in [5.41, 5.74) is 0. The molecule has 1 N–H and O–H groups in total. The second-order valence-electron chi connectivity index (χ2n) is 3.63. The second kappa shape index (κ2) is 5.34. The second-order valence-corrected chi connectivity index (χ2v) is 7.03. The summed E-state index contributed by atoms with van der Waals surface area (Å²) in [6.07, 6.45) is 10.00. The fourth-order valence-electron chi connectivity index (χ4n) is 1.67. The van der Waals surface area contributed by atoms with Crippen molar-refractivity contribution in [2.45, 2.75) is 19.3 Å². The summed E-state index contributed by atoms with van der Waals surface area (Å²) in [5, 5.41) is 0. The van der Waals surface area contributed by atoms with Crippen LogP contribution in [0.2, 0.25) is 0 Å². The number of carbonyl (C=O) groups excluding carboxylic acids is 1. The van der Waals surface area contributed by atoms with Crippen molar-refractivity contribution in [3.05, 3.63) is 0 Å². The van der Waals surface area contributed by atoms with Crippen LogP contribution in [-0.4, -0.2) is 36.0 Å². The van der Waals surface area contributed by atoms with Crippen molar-refractivity contribution in [3.63, 3.8) is 0 Å². The highest BCUT2D eigenvalue weighted by atomic mass is 31.2. The predicted octanol–water partition coefficient (Wildman–Crippen LogP) is 1.27. The average Bonchev–Trinajstić information content (AvgIpc) is 2.15. The molecule has 3 nitrogen and oxygen atoms in total. The lowest BCUT2D eigenvalue weighted by molar-refractivity contribution is -0.139. The standard InChI is InChI=1S/C10H16O3P/c1-2-6-13-10(11)9-14(12)7-4-3-5-8-14/h1,12H,3-9H2/q+1. The molecule has 1 saturated heterocycles. The molecule has 1 heterocycles. The van der Waals surface area contributed by atoms with Gasteiger partial charge in [-0.15, -0.1) is 6.42 Å². The molecule has 0 aromatic heterocycles. The smallest absolute Gasteiger partial charge is 0.347 e. The Morgan fingerprint density at radius 2 is 2.07 bits per heavy atom. The fraction of sp³-hybridized carbons (Fsp3) is 0.700. The third kappa shape index (κ3) is 3.65. The highest BCUT2D eigenvalue weighted by molar-refractivity contribution is 7.71. The molecular weight excluding hydrogens is 199 g/mol. The topological polar surface area (TPSA) is 46.5 Å². The van der Waals surface area contributed by atoms with Crippen LogP contribution < -0.4 is 0 Å². The number of terminal acetylenes is 1. The largest absolute Gasteiger partial charge is 0.450 e. The lowest BCUT2D eigenvalue weighted by Crippen LogP contribution is -2.19. The summed E-state index contributed by atoms with van der Waals surface area (Å²) in [5.74, 6) is 1.89. The van der Waals surface area contributed by atoms with Crippen LogP contribution in [0, 0.1) is 12.3 Å². The van der Waals surface area contributed by atoms with Crippen LogP contribution in [0.4, 0.5) is 0 Å². The van der Waals surface area contributed by atoms with Crippen LogP contribution in [0.25, 0.3) is 0 Å². The zero-order chi connectivity index (χ0) is 10.4. The van der Waals surface area contributed by atoms with Crippen LogP contribution in [0.5, 0.6) is 0 Å². The maximum absolute atomic E-state index is 11.2. The van der Waals surface area contributed by atoms with Crippen molar-refractivity contribution >= 4 is 13.5 Å². The molecule has 78 valence electrons. The van der Waals surface area contributed by atoms with Gasteiger partial charge >= 0.3 is 5.97 Å². The molecule has 0 unspecified atom stereocenters. The summed E-state index contributed by atoms with van der Waals surface area (Å²) < 4.78 is 4.75. The zero-order valence-corrected chi connectivity index (χ0v) is 9.13. The van der Waals surface area contributed by atoms with Gasteiger partial charge in [-0.05, 0) is 19.3 Å². The van der Waals surface area contributed by atoms with E-state index in [4.69, 9.17) is 11.2 Å². The van der Waals surface area contributed by atoms with Crippen molar-refractivity contribution in [3.8, 4) is 12.3 Å². The van der Waals surface area contributed by atoms with E-state index in [0.717, 1.165) is 25.2 Å². The number of hydrogen-bond acceptors (Lipinski definition) is 3. The molecule has 0 aliphatic carbocycles. The Morgan fingerprint density at radius 1 is 1.43 bits per heavy atom. The van der Waals surface area contributed by atoms with E-state index in [9.17, 15) is 9.69 Å². The summed E-state index contributed by atoms with van der Waals surface area (Å²) in [6.45, 7) is 0.0127. The molecule has 0 atom stereocenters. The van der Waals surface area contributed by atoms with Crippen molar-refractivity contribution < 1.29 is 14.4 Å². The minimum Gasteiger partial charge on any atom is -0.450 e. The van der Waals surface area contributed by atoms with Crippen LogP contribution in [-0.2, 0) is 9.53 Å². The Morgan fingerprint density at radius 3 is 2.64 bits per heavy atom. The third-order valence-electron chi connectivity index (χ3n) is 2.39. The van der Waals surface area contributed by atoms with Gasteiger partial charge in [0.1, 0.15) is 0 Å². The molecule has 0 spiro atoms. The van der Waals surface area contributed by atoms with Gasteiger partial charge < -0.3 is 4.74 Å². The molecule has 1 aliphatic heterocycles. The van der Waals surface area contributed by atoms with Gasteiger partial charge in [0, 0.05) is 0 Å². The highest BCUT2D eigenvalue weighted by Gasteiger charge is 2.40. The molecule has 0 amide bonds. The van der Waals surface area contributed by atoms with Gasteiger partial charge in [-0.3, -0.25) is 4.89 Å². The van der Waals surface area contributed by atoms with Crippen LogP contribution >= 0.6 is 7.49 Å². The van der Waals surface area contributed by atoms with Gasteiger partial charge in [-0.1, -0.05) is 5.92 Å². The van der Waals surface area contributed by atoms with E-state index in [1.54, 1.807) is 0 Å². The molecule has 0 aromatic rings. The summed E-state index contributed by atoms with van der Waals surface area (Å²) in [7, 11) is -2.00. The molecule has 14 heavy (non-hydrogen) atoms. The highest BCUT2D eigenvalue weighted by Crippen LogP contribution is 2.58. The Labute approximate surface area is 85.3 Å². The number of esters is 1. The normalized spacial score (nSPS) is 19.7. The maximum Gasteiger partial charge on any atom is 0.347 e. The lowest BCUT2D eigenvalue weighted by Gasteiger charge is -2.22. The first-order valence-corrected chi connectivity index (χ1v) is 7.14. The van der Waals surface area contributed by atoms with Crippen molar-refractivity contribution in [1.29, 1.82) is 0 Å². The number of rotatable bonds is 3. The van der Waals surface area contributed by atoms with Gasteiger partial charge in [-0.2, -0.15) is 0 Å². The van der Waals surface area contributed by atoms with Gasteiger partial charge in [0.25, 0.3) is 0 Å². The summed E-state index contributed by atoms with van der Waals surface area (Å²) in [6, 6.07) is 0. The minimum absolute atomic E-state index is 0.0127. The van der Waals surface area contributed by atoms with E-state index in [1.807, 2.05) is 0 Å². The molecule has 1 fully saturated rings. The molecule has 0 saturated carbocycles. The molecule has 0 radical (unpaired) electrons. The fourth-order valence-corrected chi connectivity index (χ4v) is 4.40. The molecule has 0 bridgehead atoms. The quantitative estimate of drug-likeness (QED) is 0.438. The Hall–Kier alpha value is -0.580. The first-order chi connectivity index (χ1) is 6.66. The Kier molecular flexibility index (Phi) is 4.38. The lowest BCUT2D eigenvalue weighted by atomic mass is 10.3. The predicted molar refractivity (Wildman–Crippen MR) is 57.4 cm³/mol. The van der Waals surface area contributed by atoms with Crippen LogP contribution in [0.3, 0.4) is 0 Å². The van der Waals surface area contributed by atoms with Crippen molar-refractivity contribution in [2.24, 2.45) is 0 Å². The number of ether oxygens (including phenoxy) is 1. The Balaban J connectivity index is 2.34. The molecule has 0 aromatic carbocycles. The van der Waals surface area contributed by atoms with E-state index >= 15 is 0 Å². The minimum atomic E-state index is -2.00. The average molecular weight is 215 g/mol. The van der Waals surface area contributed by atoms with E-state index in [0.29, 0.717) is 0 Å². The first kappa shape index (κ1) is 11.5. The monoisotopic (exact) mass is 215 g/mol. The van der Waals surface area contributed by atoms with Gasteiger partial charge in [-0.25, -0.2) is 4.79 Å². The maximum atomic E-state index is 11.2. The van der Waals surface area contributed by atoms with E-state index in [1.165, 1.54) is 6.42 Å². The molecular formula is C10H16O3P+. The zero-order valence-electron chi connectivity index (χ0n) is 8.24.